The topological polar surface area (TPSA) is 112 Å². The molecule has 0 radical (unpaired) electrons. The van der Waals surface area contributed by atoms with Gasteiger partial charge >= 0.3 is 33.8 Å². The van der Waals surface area contributed by atoms with E-state index in [1.807, 2.05) is 0 Å². The summed E-state index contributed by atoms with van der Waals surface area (Å²) in [5, 5.41) is 0. The average molecular weight is 158 g/mol. The maximum atomic E-state index is 8.74. The van der Waals surface area contributed by atoms with Gasteiger partial charge in [0.1, 0.15) is 0 Å². The van der Waals surface area contributed by atoms with Gasteiger partial charge in [-0.05, 0) is 0 Å². The minimum absolute atomic E-state index is 1.50. The van der Waals surface area contributed by atoms with Crippen molar-refractivity contribution in [3.8, 4) is 0 Å². The SMILES string of the molecule is O=S(=O)(O)O.[O]=[Al][OH]. The molecule has 0 aromatic heterocycles. The Kier molecular flexibility index (Phi) is 7.00. The summed E-state index contributed by atoms with van der Waals surface area (Å²) in [4.78, 5) is 0. The van der Waals surface area contributed by atoms with E-state index in [1.54, 1.807) is 0 Å². The van der Waals surface area contributed by atoms with Crippen molar-refractivity contribution in [3.63, 3.8) is 0 Å². The molecule has 0 aromatic rings. The van der Waals surface area contributed by atoms with Gasteiger partial charge in [-0.15, -0.1) is 0 Å². The molecule has 0 fully saturated rings. The first-order valence-corrected chi connectivity index (χ1v) is 3.58. The summed E-state index contributed by atoms with van der Waals surface area (Å²) in [5.41, 5.74) is 0. The van der Waals surface area contributed by atoms with Gasteiger partial charge in [-0.25, -0.2) is 0 Å². The van der Waals surface area contributed by atoms with Gasteiger partial charge < -0.3 is 0 Å². The first kappa shape index (κ1) is 10.9. The van der Waals surface area contributed by atoms with E-state index in [1.165, 1.54) is 0 Å². The third-order valence-corrected chi connectivity index (χ3v) is 0. The monoisotopic (exact) mass is 158 g/mol. The Balaban J connectivity index is 0. The molecule has 0 rings (SSSR count). The van der Waals surface area contributed by atoms with Crippen LogP contribution in [0.25, 0.3) is 0 Å². The Morgan fingerprint density at radius 3 is 1.25 bits per heavy atom. The van der Waals surface area contributed by atoms with Gasteiger partial charge in [-0.3, -0.25) is 9.11 Å². The molecule has 8 heteroatoms. The predicted molar refractivity (Wildman–Crippen MR) is 22.8 cm³/mol. The molecule has 0 aromatic carbocycles. The van der Waals surface area contributed by atoms with E-state index in [-0.39, 0.29) is 0 Å². The van der Waals surface area contributed by atoms with E-state index in [9.17, 15) is 0 Å². The van der Waals surface area contributed by atoms with E-state index in [2.05, 4.69) is 0 Å². The van der Waals surface area contributed by atoms with Crippen molar-refractivity contribution in [1.29, 1.82) is 0 Å². The molecular formula is H3AlO6S. The van der Waals surface area contributed by atoms with Crippen LogP contribution in [0.5, 0.6) is 0 Å². The molecule has 0 unspecified atom stereocenters. The Hall–Kier alpha value is 0.00247. The van der Waals surface area contributed by atoms with Gasteiger partial charge in [0.25, 0.3) is 0 Å². The summed E-state index contributed by atoms with van der Waals surface area (Å²) >= 11 is -1.50. The van der Waals surface area contributed by atoms with E-state index >= 15 is 0 Å². The van der Waals surface area contributed by atoms with Crippen molar-refractivity contribution in [2.75, 3.05) is 0 Å². The van der Waals surface area contributed by atoms with Gasteiger partial charge in [-0.2, -0.15) is 8.42 Å². The fraction of sp³-hybridized carbons (Fsp3) is 0. The molecule has 8 heavy (non-hydrogen) atoms. The second kappa shape index (κ2) is 5.15. The molecule has 0 saturated heterocycles. The van der Waals surface area contributed by atoms with Crippen LogP contribution in [0.2, 0.25) is 0 Å². The van der Waals surface area contributed by atoms with E-state index in [0.29, 0.717) is 0 Å². The van der Waals surface area contributed by atoms with E-state index in [4.69, 9.17) is 25.5 Å². The van der Waals surface area contributed by atoms with Crippen LogP contribution in [0.15, 0.2) is 0 Å². The van der Waals surface area contributed by atoms with Crippen LogP contribution in [0.1, 0.15) is 0 Å². The molecular weight excluding hydrogens is 155 g/mol. The van der Waals surface area contributed by atoms with Crippen LogP contribution in [0, 0.1) is 0 Å². The van der Waals surface area contributed by atoms with Crippen molar-refractivity contribution < 1.29 is 25.5 Å². The number of hydrogen-bond donors (Lipinski definition) is 3. The van der Waals surface area contributed by atoms with Crippen LogP contribution in [-0.4, -0.2) is 37.2 Å². The Morgan fingerprint density at radius 1 is 1.25 bits per heavy atom. The molecule has 48 valence electrons. The molecule has 0 aliphatic rings. The first-order valence-electron chi connectivity index (χ1n) is 1.19. The number of hydrogen-bond acceptors (Lipinski definition) is 3. The van der Waals surface area contributed by atoms with E-state index < -0.39 is 25.9 Å². The van der Waals surface area contributed by atoms with Gasteiger partial charge in [0, 0.05) is 0 Å². The normalized spacial score (nSPS) is 8.25. The summed E-state index contributed by atoms with van der Waals surface area (Å²) in [6, 6.07) is 0. The van der Waals surface area contributed by atoms with Crippen LogP contribution >= 0.6 is 0 Å². The summed E-state index contributed by atoms with van der Waals surface area (Å²) in [6.45, 7) is 0. The molecule has 0 bridgehead atoms. The van der Waals surface area contributed by atoms with Crippen molar-refractivity contribution in [2.24, 2.45) is 0 Å². The van der Waals surface area contributed by atoms with Crippen molar-refractivity contribution in [3.05, 3.63) is 0 Å². The zero-order chi connectivity index (χ0) is 7.21. The molecule has 0 aliphatic carbocycles. The second-order valence-corrected chi connectivity index (χ2v) is 1.66. The van der Waals surface area contributed by atoms with Crippen LogP contribution in [-0.2, 0) is 14.2 Å². The Morgan fingerprint density at radius 2 is 1.25 bits per heavy atom. The number of rotatable bonds is 0. The molecule has 0 spiro atoms. The Labute approximate surface area is 52.0 Å². The maximum absolute atomic E-state index is 8.74. The molecule has 0 heterocycles. The summed E-state index contributed by atoms with van der Waals surface area (Å²) in [7, 11) is -4.67. The molecule has 3 N–H and O–H groups in total. The Bertz CT molecular complexity index is 123. The van der Waals surface area contributed by atoms with Crippen molar-refractivity contribution in [2.45, 2.75) is 0 Å². The average Bonchev–Trinajstić information content (AvgIpc) is 1.27. The molecule has 0 saturated carbocycles. The third kappa shape index (κ3) is 24700000. The predicted octanol–water partition coefficient (Wildman–Crippen LogP) is -1.71. The van der Waals surface area contributed by atoms with Gasteiger partial charge in [0.2, 0.25) is 0 Å². The zero-order valence-corrected chi connectivity index (χ0v) is 5.52. The van der Waals surface area contributed by atoms with Crippen LogP contribution in [0.3, 0.4) is 0 Å². The zero-order valence-electron chi connectivity index (χ0n) is 3.55. The minimum atomic E-state index is -4.67. The van der Waals surface area contributed by atoms with Gasteiger partial charge in [0.15, 0.2) is 0 Å². The fourth-order valence-electron chi connectivity index (χ4n) is 0. The first-order chi connectivity index (χ1) is 3.41. The van der Waals surface area contributed by atoms with Crippen molar-refractivity contribution >= 4 is 25.9 Å². The van der Waals surface area contributed by atoms with E-state index in [0.717, 1.165) is 0 Å². The molecule has 0 amide bonds. The molecule has 6 nitrogen and oxygen atoms in total. The quantitative estimate of drug-likeness (QED) is 0.286. The summed E-state index contributed by atoms with van der Waals surface area (Å²) in [5.74, 6) is 0. The molecule has 0 atom stereocenters. The van der Waals surface area contributed by atoms with Gasteiger partial charge in [-0.1, -0.05) is 0 Å². The second-order valence-electron chi connectivity index (χ2n) is 0.553. The molecule has 0 aliphatic heterocycles. The fourth-order valence-corrected chi connectivity index (χ4v) is 0. The summed E-state index contributed by atoms with van der Waals surface area (Å²) in [6.07, 6.45) is 0. The van der Waals surface area contributed by atoms with Crippen LogP contribution < -0.4 is 0 Å². The van der Waals surface area contributed by atoms with Crippen LogP contribution in [0.4, 0.5) is 0 Å². The summed E-state index contributed by atoms with van der Waals surface area (Å²) < 4.78 is 47.2. The van der Waals surface area contributed by atoms with Gasteiger partial charge in [0.05, 0.1) is 0 Å². The van der Waals surface area contributed by atoms with Crippen molar-refractivity contribution in [1.82, 2.24) is 0 Å². The third-order valence-electron chi connectivity index (χ3n) is 0. The standard InChI is InChI=1S/Al.H2O4S.H2O.O/c;1-5(2,3)4;;/h;(H2,1,2,3,4);1H2;/q+1;;;/p-1.